The molecule has 0 saturated carbocycles. The molecule has 1 unspecified atom stereocenters. The van der Waals surface area contributed by atoms with Crippen LogP contribution in [-0.2, 0) is 9.59 Å². The largest absolute Gasteiger partial charge is 0.508 e. The van der Waals surface area contributed by atoms with E-state index < -0.39 is 17.7 Å². The van der Waals surface area contributed by atoms with E-state index in [9.17, 15) is 19.8 Å². The molecule has 7 heteroatoms. The molecular formula is C30H30N2O5. The molecule has 0 radical (unpaired) electrons. The molecule has 2 heterocycles. The Bertz CT molecular complexity index is 1390. The number of aliphatic hydroxyl groups is 1. The summed E-state index contributed by atoms with van der Waals surface area (Å²) < 4.78 is 5.39. The second kappa shape index (κ2) is 9.65. The fourth-order valence-electron chi connectivity index (χ4n) is 5.28. The van der Waals surface area contributed by atoms with Gasteiger partial charge < -0.3 is 19.8 Å². The summed E-state index contributed by atoms with van der Waals surface area (Å²) in [7, 11) is 1.58. The minimum Gasteiger partial charge on any atom is -0.508 e. The number of Topliss-reactive ketones (excluding diaryl/α,β-unsaturated/α-hetero) is 1. The third kappa shape index (κ3) is 4.31. The van der Waals surface area contributed by atoms with Gasteiger partial charge in [0.05, 0.1) is 18.7 Å². The van der Waals surface area contributed by atoms with Crippen LogP contribution < -0.4 is 14.5 Å². The number of phenolic OH excluding ortho intramolecular Hbond substituents is 1. The summed E-state index contributed by atoms with van der Waals surface area (Å²) in [6.07, 6.45) is 2.31. The fourth-order valence-corrected chi connectivity index (χ4v) is 5.28. The van der Waals surface area contributed by atoms with E-state index in [1.165, 1.54) is 17.0 Å². The van der Waals surface area contributed by atoms with Gasteiger partial charge in [-0.2, -0.15) is 0 Å². The Balaban J connectivity index is 1.65. The summed E-state index contributed by atoms with van der Waals surface area (Å²) in [5, 5.41) is 21.4. The standard InChI is InChI=1S/C30H30N2O5/c1-18-17-25(37-3)19(2)16-24(18)28(34)26-27(20-6-12-23(33)13-7-20)32(30(36)29(26)35)22-10-8-21(9-11-22)31-14-4-5-15-31/h6-13,16-17,27,33-34H,4-5,14-15H2,1-3H3/b28-26+. The number of ketones is 1. The molecule has 0 bridgehead atoms. The van der Waals surface area contributed by atoms with Crippen LogP contribution in [0.5, 0.6) is 11.5 Å². The van der Waals surface area contributed by atoms with Gasteiger partial charge >= 0.3 is 0 Å². The molecule has 2 saturated heterocycles. The van der Waals surface area contributed by atoms with E-state index in [0.29, 0.717) is 28.1 Å². The van der Waals surface area contributed by atoms with Gasteiger partial charge in [0.1, 0.15) is 17.3 Å². The van der Waals surface area contributed by atoms with E-state index in [1.54, 1.807) is 31.4 Å². The van der Waals surface area contributed by atoms with Crippen LogP contribution in [0, 0.1) is 13.8 Å². The van der Waals surface area contributed by atoms with Gasteiger partial charge in [-0.3, -0.25) is 14.5 Å². The summed E-state index contributed by atoms with van der Waals surface area (Å²) in [5.41, 5.74) is 4.21. The number of hydrogen-bond acceptors (Lipinski definition) is 6. The number of rotatable bonds is 5. The second-order valence-corrected chi connectivity index (χ2v) is 9.61. The van der Waals surface area contributed by atoms with Crippen molar-refractivity contribution in [2.24, 2.45) is 0 Å². The number of ether oxygens (including phenoxy) is 1. The van der Waals surface area contributed by atoms with Crippen molar-refractivity contribution in [3.8, 4) is 11.5 Å². The van der Waals surface area contributed by atoms with Crippen molar-refractivity contribution in [3.63, 3.8) is 0 Å². The first kappa shape index (κ1) is 24.4. The number of aliphatic hydroxyl groups excluding tert-OH is 1. The van der Waals surface area contributed by atoms with Crippen molar-refractivity contribution < 1.29 is 24.5 Å². The third-order valence-corrected chi connectivity index (χ3v) is 7.25. The average Bonchev–Trinajstić information content (AvgIpc) is 3.53. The van der Waals surface area contributed by atoms with Gasteiger partial charge in [-0.05, 0) is 91.9 Å². The fraction of sp³-hybridized carbons (Fsp3) is 0.267. The van der Waals surface area contributed by atoms with Crippen LogP contribution in [0.4, 0.5) is 11.4 Å². The number of nitrogens with zero attached hydrogens (tertiary/aromatic N) is 2. The number of carbonyl (C=O) groups is 2. The molecular weight excluding hydrogens is 468 g/mol. The Morgan fingerprint density at radius 1 is 0.892 bits per heavy atom. The molecule has 2 fully saturated rings. The highest BCUT2D eigenvalue weighted by Crippen LogP contribution is 2.43. The molecule has 3 aromatic rings. The first-order valence-corrected chi connectivity index (χ1v) is 12.4. The molecule has 1 amide bonds. The van der Waals surface area contributed by atoms with Crippen molar-refractivity contribution >= 4 is 28.8 Å². The van der Waals surface area contributed by atoms with E-state index in [4.69, 9.17) is 4.74 Å². The highest BCUT2D eigenvalue weighted by Gasteiger charge is 2.47. The van der Waals surface area contributed by atoms with Crippen LogP contribution in [0.15, 0.2) is 66.2 Å². The predicted octanol–water partition coefficient (Wildman–Crippen LogP) is 5.24. The molecule has 0 aliphatic carbocycles. The molecule has 190 valence electrons. The molecule has 3 aromatic carbocycles. The normalized spacial score (nSPS) is 19.1. The Hall–Kier alpha value is -4.26. The number of benzene rings is 3. The maximum Gasteiger partial charge on any atom is 0.300 e. The molecule has 1 atom stereocenters. The molecule has 2 aliphatic rings. The lowest BCUT2D eigenvalue weighted by molar-refractivity contribution is -0.132. The Morgan fingerprint density at radius 3 is 2.14 bits per heavy atom. The zero-order valence-electron chi connectivity index (χ0n) is 21.2. The molecule has 2 N–H and O–H groups in total. The van der Waals surface area contributed by atoms with E-state index in [0.717, 1.165) is 37.2 Å². The minimum absolute atomic E-state index is 0.00646. The molecule has 0 aromatic heterocycles. The zero-order valence-corrected chi connectivity index (χ0v) is 21.2. The van der Waals surface area contributed by atoms with Crippen LogP contribution in [0.3, 0.4) is 0 Å². The maximum atomic E-state index is 13.5. The van der Waals surface area contributed by atoms with Gasteiger partial charge in [-0.1, -0.05) is 12.1 Å². The highest BCUT2D eigenvalue weighted by atomic mass is 16.5. The maximum absolute atomic E-state index is 13.5. The van der Waals surface area contributed by atoms with E-state index in [1.807, 2.05) is 38.1 Å². The third-order valence-electron chi connectivity index (χ3n) is 7.25. The van der Waals surface area contributed by atoms with Crippen molar-refractivity contribution in [1.29, 1.82) is 0 Å². The number of amides is 1. The van der Waals surface area contributed by atoms with Crippen molar-refractivity contribution in [1.82, 2.24) is 0 Å². The summed E-state index contributed by atoms with van der Waals surface area (Å²) in [4.78, 5) is 30.6. The first-order chi connectivity index (χ1) is 17.8. The zero-order chi connectivity index (χ0) is 26.3. The van der Waals surface area contributed by atoms with Gasteiger partial charge in [0.2, 0.25) is 0 Å². The topological polar surface area (TPSA) is 90.3 Å². The smallest absolute Gasteiger partial charge is 0.300 e. The lowest BCUT2D eigenvalue weighted by Gasteiger charge is -2.26. The van der Waals surface area contributed by atoms with Crippen molar-refractivity contribution in [2.45, 2.75) is 32.7 Å². The molecule has 37 heavy (non-hydrogen) atoms. The van der Waals surface area contributed by atoms with Gasteiger partial charge in [0.15, 0.2) is 0 Å². The predicted molar refractivity (Wildman–Crippen MR) is 143 cm³/mol. The lowest BCUT2D eigenvalue weighted by Crippen LogP contribution is -2.29. The summed E-state index contributed by atoms with van der Waals surface area (Å²) in [5.74, 6) is -0.973. The average molecular weight is 499 g/mol. The number of aryl methyl sites for hydroxylation is 2. The van der Waals surface area contributed by atoms with Crippen LogP contribution in [-0.4, -0.2) is 42.1 Å². The Morgan fingerprint density at radius 2 is 1.51 bits per heavy atom. The minimum atomic E-state index is -0.861. The number of carbonyl (C=O) groups excluding carboxylic acids is 2. The van der Waals surface area contributed by atoms with Crippen LogP contribution in [0.1, 0.15) is 41.1 Å². The van der Waals surface area contributed by atoms with E-state index in [-0.39, 0.29) is 17.1 Å². The summed E-state index contributed by atoms with van der Waals surface area (Å²) in [6, 6.07) is 16.7. The monoisotopic (exact) mass is 498 g/mol. The van der Waals surface area contributed by atoms with Crippen LogP contribution in [0.25, 0.3) is 5.76 Å². The second-order valence-electron chi connectivity index (χ2n) is 9.61. The van der Waals surface area contributed by atoms with Gasteiger partial charge in [0.25, 0.3) is 11.7 Å². The van der Waals surface area contributed by atoms with Crippen molar-refractivity contribution in [2.75, 3.05) is 30.0 Å². The Labute approximate surface area is 216 Å². The number of hydrogen-bond donors (Lipinski definition) is 2. The number of aromatic hydroxyl groups is 1. The Kier molecular flexibility index (Phi) is 6.38. The number of methoxy groups -OCH3 is 1. The van der Waals surface area contributed by atoms with E-state index in [2.05, 4.69) is 4.90 Å². The van der Waals surface area contributed by atoms with Gasteiger partial charge in [-0.25, -0.2) is 0 Å². The first-order valence-electron chi connectivity index (χ1n) is 12.4. The SMILES string of the molecule is COc1cc(C)c(/C(O)=C2\C(=O)C(=O)N(c3ccc(N4CCCC4)cc3)C2c2ccc(O)cc2)cc1C. The van der Waals surface area contributed by atoms with E-state index >= 15 is 0 Å². The van der Waals surface area contributed by atoms with Crippen LogP contribution in [0.2, 0.25) is 0 Å². The summed E-state index contributed by atoms with van der Waals surface area (Å²) in [6.45, 7) is 5.67. The molecule has 2 aliphatic heterocycles. The molecule has 5 rings (SSSR count). The molecule has 0 spiro atoms. The van der Waals surface area contributed by atoms with Gasteiger partial charge in [-0.15, -0.1) is 0 Å². The number of phenols is 1. The molecule has 7 nitrogen and oxygen atoms in total. The lowest BCUT2D eigenvalue weighted by atomic mass is 9.93. The van der Waals surface area contributed by atoms with Crippen molar-refractivity contribution in [3.05, 3.63) is 88.5 Å². The quantitative estimate of drug-likeness (QED) is 0.284. The van der Waals surface area contributed by atoms with Crippen LogP contribution >= 0.6 is 0 Å². The van der Waals surface area contributed by atoms with Gasteiger partial charge in [0, 0.05) is 30.0 Å². The summed E-state index contributed by atoms with van der Waals surface area (Å²) >= 11 is 0. The number of anilines is 2. The highest BCUT2D eigenvalue weighted by molar-refractivity contribution is 6.51.